The molecule has 0 spiro atoms. The molecular weight excluding hydrogens is 354 g/mol. The molecule has 7 nitrogen and oxygen atoms in total. The van der Waals surface area contributed by atoms with Crippen molar-refractivity contribution in [3.05, 3.63) is 66.1 Å². The Balaban J connectivity index is 2.11. The average Bonchev–Trinajstić information content (AvgIpc) is 2.96. The van der Waals surface area contributed by atoms with Crippen LogP contribution in [0.2, 0.25) is 0 Å². The summed E-state index contributed by atoms with van der Waals surface area (Å²) in [6, 6.07) is 13.3. The van der Waals surface area contributed by atoms with Crippen molar-refractivity contribution in [3.8, 4) is 0 Å². The largest absolute Gasteiger partial charge is 0.475 e. The summed E-state index contributed by atoms with van der Waals surface area (Å²) in [5.74, 6) is -1.65. The van der Waals surface area contributed by atoms with Crippen LogP contribution in [0.3, 0.4) is 0 Å². The molecule has 0 atom stereocenters. The van der Waals surface area contributed by atoms with Gasteiger partial charge in [-0.25, -0.2) is 27.2 Å². The summed E-state index contributed by atoms with van der Waals surface area (Å²) in [5, 5.41) is 9.68. The molecule has 1 N–H and O–H groups in total. The minimum absolute atomic E-state index is 0.132. The third-order valence-electron chi connectivity index (χ3n) is 4.12. The molecule has 0 aliphatic rings. The van der Waals surface area contributed by atoms with Crippen molar-refractivity contribution >= 4 is 37.9 Å². The lowest BCUT2D eigenvalue weighted by atomic mass is 10.2. The average molecular weight is 367 g/mol. The molecule has 0 bridgehead atoms. The van der Waals surface area contributed by atoms with Crippen LogP contribution in [0.25, 0.3) is 21.9 Å². The van der Waals surface area contributed by atoms with Crippen LogP contribution in [-0.4, -0.2) is 33.4 Å². The Hall–Kier alpha value is -3.26. The van der Waals surface area contributed by atoms with Gasteiger partial charge in [0, 0.05) is 5.39 Å². The number of hydrogen-bond donors (Lipinski definition) is 1. The van der Waals surface area contributed by atoms with Gasteiger partial charge in [-0.2, -0.15) is 0 Å². The summed E-state index contributed by atoms with van der Waals surface area (Å²) in [5.41, 5.74) is 1.88. The van der Waals surface area contributed by atoms with Crippen molar-refractivity contribution in [2.45, 2.75) is 11.8 Å². The quantitative estimate of drug-likeness (QED) is 0.597. The summed E-state index contributed by atoms with van der Waals surface area (Å²) < 4.78 is 27.6. The minimum atomic E-state index is -3.91. The van der Waals surface area contributed by atoms with E-state index in [-0.39, 0.29) is 21.8 Å². The van der Waals surface area contributed by atoms with Crippen LogP contribution >= 0.6 is 0 Å². The summed E-state index contributed by atoms with van der Waals surface area (Å²) in [6.45, 7) is 1.87. The summed E-state index contributed by atoms with van der Waals surface area (Å²) in [6.07, 6.45) is 1.23. The standard InChI is InChI=1S/C18H13N3O4S/c1-11-6-8-12(9-7-11)26(24,25)21-14-5-3-2-4-13(14)16-15(21)10-19-17(20-16)18(22)23/h2-10H,1H3,(H,22,23). The molecule has 0 aliphatic heterocycles. The molecule has 130 valence electrons. The first-order valence-corrected chi connectivity index (χ1v) is 9.15. The molecular formula is C18H13N3O4S. The van der Waals surface area contributed by atoms with Gasteiger partial charge < -0.3 is 5.11 Å². The number of para-hydroxylation sites is 1. The summed E-state index contributed by atoms with van der Waals surface area (Å²) in [7, 11) is -3.91. The van der Waals surface area contributed by atoms with Gasteiger partial charge in [0.2, 0.25) is 5.82 Å². The SMILES string of the molecule is Cc1ccc(S(=O)(=O)n2c3ccccc3c3nc(C(=O)O)ncc32)cc1. The van der Waals surface area contributed by atoms with E-state index in [4.69, 9.17) is 5.11 Å². The molecule has 0 fully saturated rings. The van der Waals surface area contributed by atoms with Crippen LogP contribution < -0.4 is 0 Å². The monoisotopic (exact) mass is 367 g/mol. The minimum Gasteiger partial charge on any atom is -0.475 e. The zero-order chi connectivity index (χ0) is 18.5. The molecule has 0 saturated carbocycles. The molecule has 0 saturated heterocycles. The van der Waals surface area contributed by atoms with Gasteiger partial charge in [0.1, 0.15) is 11.0 Å². The van der Waals surface area contributed by atoms with E-state index >= 15 is 0 Å². The van der Waals surface area contributed by atoms with Crippen LogP contribution in [0.1, 0.15) is 16.2 Å². The Morgan fingerprint density at radius 1 is 1.04 bits per heavy atom. The van der Waals surface area contributed by atoms with E-state index in [2.05, 4.69) is 9.97 Å². The van der Waals surface area contributed by atoms with Gasteiger partial charge >= 0.3 is 5.97 Å². The Morgan fingerprint density at radius 2 is 1.73 bits per heavy atom. The molecule has 2 heterocycles. The zero-order valence-corrected chi connectivity index (χ0v) is 14.4. The van der Waals surface area contributed by atoms with Crippen LogP contribution in [0.4, 0.5) is 0 Å². The molecule has 4 rings (SSSR count). The molecule has 2 aromatic heterocycles. The molecule has 0 amide bonds. The zero-order valence-electron chi connectivity index (χ0n) is 13.6. The number of aromatic carboxylic acids is 1. The highest BCUT2D eigenvalue weighted by atomic mass is 32.2. The summed E-state index contributed by atoms with van der Waals surface area (Å²) in [4.78, 5) is 19.2. The normalized spacial score (nSPS) is 11.9. The number of carboxylic acids is 1. The number of hydrogen-bond acceptors (Lipinski definition) is 5. The van der Waals surface area contributed by atoms with Crippen LogP contribution in [-0.2, 0) is 10.0 Å². The van der Waals surface area contributed by atoms with Gasteiger partial charge in [-0.15, -0.1) is 0 Å². The number of benzene rings is 2. The summed E-state index contributed by atoms with van der Waals surface area (Å²) >= 11 is 0. The van der Waals surface area contributed by atoms with Crippen LogP contribution in [0, 0.1) is 6.92 Å². The molecule has 0 unspecified atom stereocenters. The second kappa shape index (κ2) is 5.63. The lowest BCUT2D eigenvalue weighted by Crippen LogP contribution is -2.13. The maximum Gasteiger partial charge on any atom is 0.373 e. The predicted octanol–water partition coefficient (Wildman–Crippen LogP) is 2.83. The van der Waals surface area contributed by atoms with Gasteiger partial charge in [0.25, 0.3) is 10.0 Å². The molecule has 0 aliphatic carbocycles. The maximum absolute atomic E-state index is 13.2. The number of aryl methyl sites for hydroxylation is 1. The van der Waals surface area contributed by atoms with E-state index in [1.807, 2.05) is 6.92 Å². The first-order chi connectivity index (χ1) is 12.4. The van der Waals surface area contributed by atoms with E-state index in [0.29, 0.717) is 10.9 Å². The van der Waals surface area contributed by atoms with E-state index in [1.165, 1.54) is 18.3 Å². The highest BCUT2D eigenvalue weighted by Gasteiger charge is 2.24. The molecule has 0 radical (unpaired) electrons. The molecule has 26 heavy (non-hydrogen) atoms. The third kappa shape index (κ3) is 2.34. The van der Waals surface area contributed by atoms with Gasteiger partial charge in [-0.1, -0.05) is 35.9 Å². The lowest BCUT2D eigenvalue weighted by molar-refractivity contribution is 0.0684. The van der Waals surface area contributed by atoms with E-state index < -0.39 is 16.0 Å². The smallest absolute Gasteiger partial charge is 0.373 e. The molecule has 4 aromatic rings. The Labute approximate surface area is 148 Å². The Morgan fingerprint density at radius 3 is 2.42 bits per heavy atom. The highest BCUT2D eigenvalue weighted by molar-refractivity contribution is 7.90. The van der Waals surface area contributed by atoms with E-state index in [9.17, 15) is 13.2 Å². The lowest BCUT2D eigenvalue weighted by Gasteiger charge is -2.09. The number of fused-ring (bicyclic) bond motifs is 3. The molecule has 2 aromatic carbocycles. The van der Waals surface area contributed by atoms with Crippen molar-refractivity contribution in [2.75, 3.05) is 0 Å². The Bertz CT molecular complexity index is 1280. The first kappa shape index (κ1) is 16.2. The Kier molecular flexibility index (Phi) is 3.52. The number of nitrogens with zero attached hydrogens (tertiary/aromatic N) is 3. The van der Waals surface area contributed by atoms with Gasteiger partial charge in [-0.05, 0) is 25.1 Å². The number of aromatic nitrogens is 3. The van der Waals surface area contributed by atoms with Crippen molar-refractivity contribution in [1.29, 1.82) is 0 Å². The fourth-order valence-electron chi connectivity index (χ4n) is 2.88. The van der Waals surface area contributed by atoms with Crippen molar-refractivity contribution in [2.24, 2.45) is 0 Å². The van der Waals surface area contributed by atoms with Gasteiger partial charge in [0.05, 0.1) is 16.6 Å². The van der Waals surface area contributed by atoms with Crippen molar-refractivity contribution in [3.63, 3.8) is 0 Å². The number of carboxylic acid groups (broad SMARTS) is 1. The van der Waals surface area contributed by atoms with Gasteiger partial charge in [0.15, 0.2) is 0 Å². The second-order valence-electron chi connectivity index (χ2n) is 5.83. The number of carbonyl (C=O) groups is 1. The first-order valence-electron chi connectivity index (χ1n) is 7.71. The predicted molar refractivity (Wildman–Crippen MR) is 95.8 cm³/mol. The van der Waals surface area contributed by atoms with Gasteiger partial charge in [-0.3, -0.25) is 0 Å². The maximum atomic E-state index is 13.2. The van der Waals surface area contributed by atoms with Crippen LogP contribution in [0.5, 0.6) is 0 Å². The third-order valence-corrected chi connectivity index (χ3v) is 5.86. The van der Waals surface area contributed by atoms with Crippen molar-refractivity contribution in [1.82, 2.24) is 13.9 Å². The topological polar surface area (TPSA) is 102 Å². The van der Waals surface area contributed by atoms with E-state index in [0.717, 1.165) is 9.54 Å². The fourth-order valence-corrected chi connectivity index (χ4v) is 4.38. The molecule has 8 heteroatoms. The fraction of sp³-hybridized carbons (Fsp3) is 0.0556. The highest BCUT2D eigenvalue weighted by Crippen LogP contribution is 2.31. The van der Waals surface area contributed by atoms with Crippen LogP contribution in [0.15, 0.2) is 59.6 Å². The second-order valence-corrected chi connectivity index (χ2v) is 7.62. The van der Waals surface area contributed by atoms with E-state index in [1.54, 1.807) is 36.4 Å². The number of rotatable bonds is 3. The van der Waals surface area contributed by atoms with Crippen molar-refractivity contribution < 1.29 is 18.3 Å².